The minimum Gasteiger partial charge on any atom is -0.350 e. The Balaban J connectivity index is 1.89. The van der Waals surface area contributed by atoms with Gasteiger partial charge in [-0.1, -0.05) is 62.4 Å². The van der Waals surface area contributed by atoms with E-state index in [2.05, 4.69) is 10.3 Å². The molecule has 0 fully saturated rings. The summed E-state index contributed by atoms with van der Waals surface area (Å²) in [5.41, 5.74) is 2.59. The fourth-order valence-electron chi connectivity index (χ4n) is 3.45. The van der Waals surface area contributed by atoms with Crippen molar-refractivity contribution >= 4 is 11.8 Å². The minimum atomic E-state index is -0.714. The summed E-state index contributed by atoms with van der Waals surface area (Å²) in [6, 6.07) is 18.6. The predicted molar refractivity (Wildman–Crippen MR) is 122 cm³/mol. The molecule has 0 aliphatic rings. The number of aromatic nitrogens is 1. The van der Waals surface area contributed by atoms with Gasteiger partial charge in [0.15, 0.2) is 0 Å². The Morgan fingerprint density at radius 2 is 1.62 bits per heavy atom. The molecule has 1 aromatic heterocycles. The molecule has 0 bridgehead atoms. The summed E-state index contributed by atoms with van der Waals surface area (Å²) >= 11 is 0. The van der Waals surface area contributed by atoms with Crippen LogP contribution in [0.2, 0.25) is 0 Å². The van der Waals surface area contributed by atoms with E-state index in [1.807, 2.05) is 56.3 Å². The van der Waals surface area contributed by atoms with Crippen LogP contribution in [-0.2, 0) is 29.1 Å². The van der Waals surface area contributed by atoms with Crippen molar-refractivity contribution < 1.29 is 14.0 Å². The quantitative estimate of drug-likeness (QED) is 0.552. The summed E-state index contributed by atoms with van der Waals surface area (Å²) in [6.45, 7) is 4.16. The van der Waals surface area contributed by atoms with E-state index in [-0.39, 0.29) is 30.1 Å². The van der Waals surface area contributed by atoms with Crippen LogP contribution in [0.25, 0.3) is 0 Å². The van der Waals surface area contributed by atoms with Crippen LogP contribution in [0.15, 0.2) is 79.1 Å². The van der Waals surface area contributed by atoms with Crippen molar-refractivity contribution in [2.75, 3.05) is 0 Å². The zero-order valence-corrected chi connectivity index (χ0v) is 18.4. The number of rotatable bonds is 9. The maximum Gasteiger partial charge on any atom is 0.243 e. The Labute approximate surface area is 188 Å². The Morgan fingerprint density at radius 3 is 2.25 bits per heavy atom. The molecule has 1 heterocycles. The van der Waals surface area contributed by atoms with E-state index in [1.165, 1.54) is 12.1 Å². The highest BCUT2D eigenvalue weighted by atomic mass is 19.1. The molecule has 2 aromatic carbocycles. The molecular formula is C26H28FN3O2. The number of benzene rings is 2. The number of nitrogens with zero attached hydrogens (tertiary/aromatic N) is 2. The van der Waals surface area contributed by atoms with Crippen molar-refractivity contribution in [2.24, 2.45) is 5.92 Å². The third-order valence-corrected chi connectivity index (χ3v) is 5.18. The second-order valence-corrected chi connectivity index (χ2v) is 8.03. The average molecular weight is 434 g/mol. The highest BCUT2D eigenvalue weighted by Gasteiger charge is 2.31. The minimum absolute atomic E-state index is 0.133. The largest absolute Gasteiger partial charge is 0.350 e. The molecular weight excluding hydrogens is 405 g/mol. The molecule has 5 nitrogen and oxygen atoms in total. The zero-order chi connectivity index (χ0) is 22.9. The summed E-state index contributed by atoms with van der Waals surface area (Å²) in [7, 11) is 0. The molecule has 32 heavy (non-hydrogen) atoms. The fourth-order valence-corrected chi connectivity index (χ4v) is 3.45. The molecule has 3 aromatic rings. The van der Waals surface area contributed by atoms with E-state index >= 15 is 0 Å². The summed E-state index contributed by atoms with van der Waals surface area (Å²) in [5.74, 6) is -1.01. The molecule has 166 valence electrons. The van der Waals surface area contributed by atoms with Crippen molar-refractivity contribution in [3.63, 3.8) is 0 Å². The Hall–Kier alpha value is -3.54. The first-order valence-electron chi connectivity index (χ1n) is 10.7. The van der Waals surface area contributed by atoms with Gasteiger partial charge < -0.3 is 10.2 Å². The van der Waals surface area contributed by atoms with Gasteiger partial charge in [0.2, 0.25) is 11.8 Å². The number of amides is 2. The van der Waals surface area contributed by atoms with Gasteiger partial charge in [-0.05, 0) is 34.9 Å². The SMILES string of the molecule is CC(C)C(=O)N(Cc1ccc(F)cc1)[C@H](Cc1ccccc1)C(=O)NCc1cccnc1. The Kier molecular flexibility index (Phi) is 8.08. The molecule has 0 radical (unpaired) electrons. The summed E-state index contributed by atoms with van der Waals surface area (Å²) < 4.78 is 13.4. The zero-order valence-electron chi connectivity index (χ0n) is 18.4. The second kappa shape index (κ2) is 11.2. The van der Waals surface area contributed by atoms with Gasteiger partial charge in [-0.3, -0.25) is 14.6 Å². The van der Waals surface area contributed by atoms with E-state index in [0.29, 0.717) is 13.0 Å². The molecule has 0 saturated heterocycles. The molecule has 2 amide bonds. The van der Waals surface area contributed by atoms with Crippen LogP contribution >= 0.6 is 0 Å². The van der Waals surface area contributed by atoms with Crippen LogP contribution in [0, 0.1) is 11.7 Å². The first kappa shape index (κ1) is 23.1. The van der Waals surface area contributed by atoms with Crippen LogP contribution in [-0.4, -0.2) is 27.7 Å². The molecule has 3 rings (SSSR count). The van der Waals surface area contributed by atoms with Crippen LogP contribution in [0.3, 0.4) is 0 Å². The molecule has 0 aliphatic heterocycles. The smallest absolute Gasteiger partial charge is 0.243 e. The molecule has 0 unspecified atom stereocenters. The number of hydrogen-bond acceptors (Lipinski definition) is 3. The van der Waals surface area contributed by atoms with Crippen molar-refractivity contribution in [1.29, 1.82) is 0 Å². The lowest BCUT2D eigenvalue weighted by atomic mass is 10.0. The molecule has 1 atom stereocenters. The standard InChI is InChI=1S/C26H28FN3O2/c1-19(2)26(32)30(18-21-10-12-23(27)13-11-21)24(15-20-7-4-3-5-8-20)25(31)29-17-22-9-6-14-28-16-22/h3-14,16,19,24H,15,17-18H2,1-2H3,(H,29,31)/t24-/m1/s1. The predicted octanol–water partition coefficient (Wildman–Crippen LogP) is 4.13. The maximum atomic E-state index is 13.4. The summed E-state index contributed by atoms with van der Waals surface area (Å²) in [5, 5.41) is 2.96. The molecule has 6 heteroatoms. The van der Waals surface area contributed by atoms with Crippen molar-refractivity contribution in [2.45, 2.75) is 39.4 Å². The average Bonchev–Trinajstić information content (AvgIpc) is 2.81. The lowest BCUT2D eigenvalue weighted by Gasteiger charge is -2.32. The van der Waals surface area contributed by atoms with Crippen LogP contribution in [0.5, 0.6) is 0 Å². The maximum absolute atomic E-state index is 13.4. The van der Waals surface area contributed by atoms with Crippen molar-refractivity contribution in [1.82, 2.24) is 15.2 Å². The third-order valence-electron chi connectivity index (χ3n) is 5.18. The first-order valence-corrected chi connectivity index (χ1v) is 10.7. The van der Waals surface area contributed by atoms with E-state index < -0.39 is 6.04 Å². The van der Waals surface area contributed by atoms with Gasteiger partial charge in [0.25, 0.3) is 0 Å². The topological polar surface area (TPSA) is 62.3 Å². The van der Waals surface area contributed by atoms with Gasteiger partial charge in [-0.25, -0.2) is 4.39 Å². The lowest BCUT2D eigenvalue weighted by Crippen LogP contribution is -2.51. The highest BCUT2D eigenvalue weighted by molar-refractivity contribution is 5.88. The molecule has 1 N–H and O–H groups in total. The third kappa shape index (κ3) is 6.48. The number of carbonyl (C=O) groups is 2. The lowest BCUT2D eigenvalue weighted by molar-refractivity contribution is -0.143. The molecule has 0 aliphatic carbocycles. The first-order chi connectivity index (χ1) is 15.4. The molecule has 0 saturated carbocycles. The van der Waals surface area contributed by atoms with Gasteiger partial charge in [0.1, 0.15) is 11.9 Å². The van der Waals surface area contributed by atoms with E-state index in [4.69, 9.17) is 0 Å². The number of carbonyl (C=O) groups excluding carboxylic acids is 2. The number of halogens is 1. The van der Waals surface area contributed by atoms with Crippen molar-refractivity contribution in [3.8, 4) is 0 Å². The number of hydrogen-bond donors (Lipinski definition) is 1. The monoisotopic (exact) mass is 433 g/mol. The highest BCUT2D eigenvalue weighted by Crippen LogP contribution is 2.18. The van der Waals surface area contributed by atoms with Gasteiger partial charge in [0.05, 0.1) is 0 Å². The van der Waals surface area contributed by atoms with E-state index in [0.717, 1.165) is 16.7 Å². The van der Waals surface area contributed by atoms with Crippen LogP contribution in [0.1, 0.15) is 30.5 Å². The molecule has 0 spiro atoms. The van der Waals surface area contributed by atoms with Gasteiger partial charge in [-0.15, -0.1) is 0 Å². The normalized spacial score (nSPS) is 11.8. The van der Waals surface area contributed by atoms with E-state index in [1.54, 1.807) is 29.4 Å². The fraction of sp³-hybridized carbons (Fsp3) is 0.269. The van der Waals surface area contributed by atoms with Crippen LogP contribution in [0.4, 0.5) is 4.39 Å². The Bertz CT molecular complexity index is 1010. The summed E-state index contributed by atoms with van der Waals surface area (Å²) in [4.78, 5) is 32.2. The number of nitrogens with one attached hydrogen (secondary N) is 1. The number of pyridine rings is 1. The second-order valence-electron chi connectivity index (χ2n) is 8.03. The van der Waals surface area contributed by atoms with E-state index in [9.17, 15) is 14.0 Å². The Morgan fingerprint density at radius 1 is 0.938 bits per heavy atom. The van der Waals surface area contributed by atoms with Gasteiger partial charge >= 0.3 is 0 Å². The summed E-state index contributed by atoms with van der Waals surface area (Å²) in [6.07, 6.45) is 3.75. The van der Waals surface area contributed by atoms with Crippen molar-refractivity contribution in [3.05, 3.63) is 102 Å². The van der Waals surface area contributed by atoms with Gasteiger partial charge in [-0.2, -0.15) is 0 Å². The van der Waals surface area contributed by atoms with Crippen LogP contribution < -0.4 is 5.32 Å². The van der Waals surface area contributed by atoms with Gasteiger partial charge in [0, 0.05) is 37.8 Å².